The summed E-state index contributed by atoms with van der Waals surface area (Å²) in [5, 5.41) is 0. The normalized spacial score (nSPS) is 10.2. The van der Waals surface area contributed by atoms with Crippen molar-refractivity contribution in [2.24, 2.45) is 0 Å². The molecule has 3 nitrogen and oxygen atoms in total. The lowest BCUT2D eigenvalue weighted by molar-refractivity contribution is -0.131. The summed E-state index contributed by atoms with van der Waals surface area (Å²) in [6.07, 6.45) is 3.47. The largest absolute Gasteiger partial charge is 0.334 e. The molecule has 0 heterocycles. The molecule has 1 rings (SSSR count). The van der Waals surface area contributed by atoms with Gasteiger partial charge in [0, 0.05) is 19.6 Å². The van der Waals surface area contributed by atoms with Gasteiger partial charge in [-0.05, 0) is 12.6 Å². The van der Waals surface area contributed by atoms with E-state index in [4.69, 9.17) is 0 Å². The molecule has 0 unspecified atom stereocenters. The highest BCUT2D eigenvalue weighted by Crippen LogP contribution is 2.03. The maximum absolute atomic E-state index is 12.1. The number of hydrogen-bond acceptors (Lipinski definition) is 2. The minimum Gasteiger partial charge on any atom is -0.334 e. The Hall–Kier alpha value is -1.87. The number of hydrogen-bond donors (Lipinski definition) is 0. The van der Waals surface area contributed by atoms with Gasteiger partial charge in [0.25, 0.3) is 0 Å². The molecule has 102 valence electrons. The minimum absolute atomic E-state index is 0.0956. The van der Waals surface area contributed by atoms with Crippen LogP contribution >= 0.6 is 0 Å². The van der Waals surface area contributed by atoms with E-state index in [1.54, 1.807) is 17.1 Å². The highest BCUT2D eigenvalue weighted by molar-refractivity contribution is 5.78. The van der Waals surface area contributed by atoms with Gasteiger partial charge in [0.2, 0.25) is 5.91 Å². The fraction of sp³-hybridized carbons (Fsp3) is 0.312. The van der Waals surface area contributed by atoms with Crippen molar-refractivity contribution >= 4 is 5.91 Å². The van der Waals surface area contributed by atoms with Crippen molar-refractivity contribution in [1.29, 1.82) is 0 Å². The number of amides is 1. The zero-order valence-electron chi connectivity index (χ0n) is 11.6. The summed E-state index contributed by atoms with van der Waals surface area (Å²) >= 11 is 0. The SMILES string of the molecule is C=CCN(CC=C)C(=O)CN(C)Cc1ccccc1. The summed E-state index contributed by atoms with van der Waals surface area (Å²) in [4.78, 5) is 15.9. The second-order valence-electron chi connectivity index (χ2n) is 4.53. The summed E-state index contributed by atoms with van der Waals surface area (Å²) in [6, 6.07) is 10.1. The zero-order valence-corrected chi connectivity index (χ0v) is 11.6. The van der Waals surface area contributed by atoms with Crippen molar-refractivity contribution in [3.05, 3.63) is 61.2 Å². The van der Waals surface area contributed by atoms with Gasteiger partial charge in [-0.3, -0.25) is 9.69 Å². The van der Waals surface area contributed by atoms with E-state index in [9.17, 15) is 4.79 Å². The molecule has 0 aromatic heterocycles. The molecular weight excluding hydrogens is 236 g/mol. The third kappa shape index (κ3) is 5.53. The molecule has 0 radical (unpaired) electrons. The molecule has 0 spiro atoms. The van der Waals surface area contributed by atoms with Crippen LogP contribution in [0.15, 0.2) is 55.6 Å². The lowest BCUT2D eigenvalue weighted by Gasteiger charge is -2.23. The van der Waals surface area contributed by atoms with Crippen LogP contribution in [0.1, 0.15) is 5.56 Å². The standard InChI is InChI=1S/C16H22N2O/c1-4-11-18(12-5-2)16(19)14-17(3)13-15-9-7-6-8-10-15/h4-10H,1-2,11-14H2,3H3. The number of benzene rings is 1. The number of likely N-dealkylation sites (N-methyl/N-ethyl adjacent to an activating group) is 1. The van der Waals surface area contributed by atoms with Crippen LogP contribution in [0.5, 0.6) is 0 Å². The average molecular weight is 258 g/mol. The van der Waals surface area contributed by atoms with Crippen molar-refractivity contribution in [2.75, 3.05) is 26.7 Å². The van der Waals surface area contributed by atoms with E-state index in [1.807, 2.05) is 30.1 Å². The molecule has 0 saturated heterocycles. The monoisotopic (exact) mass is 258 g/mol. The number of nitrogens with zero attached hydrogens (tertiary/aromatic N) is 2. The van der Waals surface area contributed by atoms with E-state index in [1.165, 1.54) is 5.56 Å². The van der Waals surface area contributed by atoms with Crippen LogP contribution in [0.4, 0.5) is 0 Å². The van der Waals surface area contributed by atoms with E-state index in [0.29, 0.717) is 19.6 Å². The Labute approximate surface area is 115 Å². The number of carbonyl (C=O) groups is 1. The molecular formula is C16H22N2O. The van der Waals surface area contributed by atoms with Crippen molar-refractivity contribution in [1.82, 2.24) is 9.80 Å². The first-order chi connectivity index (χ1) is 9.17. The molecule has 0 N–H and O–H groups in total. The van der Waals surface area contributed by atoms with Gasteiger partial charge in [-0.2, -0.15) is 0 Å². The van der Waals surface area contributed by atoms with E-state index < -0.39 is 0 Å². The Bertz CT molecular complexity index is 404. The summed E-state index contributed by atoms with van der Waals surface area (Å²) in [6.45, 7) is 9.63. The van der Waals surface area contributed by atoms with E-state index in [0.717, 1.165) is 6.54 Å². The molecule has 1 amide bonds. The molecule has 1 aromatic carbocycles. The minimum atomic E-state index is 0.0956. The Morgan fingerprint density at radius 2 is 1.74 bits per heavy atom. The van der Waals surface area contributed by atoms with Crippen LogP contribution in [-0.4, -0.2) is 42.4 Å². The Morgan fingerprint density at radius 3 is 2.26 bits per heavy atom. The van der Waals surface area contributed by atoms with Crippen LogP contribution in [0, 0.1) is 0 Å². The van der Waals surface area contributed by atoms with Crippen molar-refractivity contribution in [3.8, 4) is 0 Å². The molecule has 1 aromatic rings. The molecule has 3 heteroatoms. The van der Waals surface area contributed by atoms with Gasteiger partial charge in [-0.15, -0.1) is 13.2 Å². The first kappa shape index (κ1) is 15.2. The van der Waals surface area contributed by atoms with Crippen molar-refractivity contribution in [2.45, 2.75) is 6.54 Å². The number of rotatable bonds is 8. The lowest BCUT2D eigenvalue weighted by Crippen LogP contribution is -2.39. The van der Waals surface area contributed by atoms with Crippen molar-refractivity contribution in [3.63, 3.8) is 0 Å². The predicted octanol–water partition coefficient (Wildman–Crippen LogP) is 2.32. The van der Waals surface area contributed by atoms with Gasteiger partial charge in [-0.25, -0.2) is 0 Å². The second kappa shape index (κ2) is 8.27. The quantitative estimate of drug-likeness (QED) is 0.668. The Balaban J connectivity index is 2.50. The van der Waals surface area contributed by atoms with Gasteiger partial charge < -0.3 is 4.90 Å². The van der Waals surface area contributed by atoms with E-state index in [2.05, 4.69) is 25.3 Å². The predicted molar refractivity (Wildman–Crippen MR) is 79.8 cm³/mol. The fourth-order valence-electron chi connectivity index (χ4n) is 1.87. The first-order valence-electron chi connectivity index (χ1n) is 6.39. The van der Waals surface area contributed by atoms with Gasteiger partial charge in [-0.1, -0.05) is 42.5 Å². The van der Waals surface area contributed by atoms with Gasteiger partial charge in [0.05, 0.1) is 6.54 Å². The Morgan fingerprint density at radius 1 is 1.16 bits per heavy atom. The van der Waals surface area contributed by atoms with Crippen LogP contribution in [0.3, 0.4) is 0 Å². The summed E-state index contributed by atoms with van der Waals surface area (Å²) < 4.78 is 0. The maximum atomic E-state index is 12.1. The molecule has 0 fully saturated rings. The maximum Gasteiger partial charge on any atom is 0.237 e. The molecule has 0 atom stereocenters. The molecule has 0 bridgehead atoms. The van der Waals surface area contributed by atoms with Crippen LogP contribution in [0.2, 0.25) is 0 Å². The molecule has 19 heavy (non-hydrogen) atoms. The summed E-state index contributed by atoms with van der Waals surface area (Å²) in [5.41, 5.74) is 1.21. The molecule has 0 aliphatic heterocycles. The highest BCUT2D eigenvalue weighted by atomic mass is 16.2. The first-order valence-corrected chi connectivity index (χ1v) is 6.39. The van der Waals surface area contributed by atoms with Crippen molar-refractivity contribution < 1.29 is 4.79 Å². The van der Waals surface area contributed by atoms with Gasteiger partial charge in [0.1, 0.15) is 0 Å². The van der Waals surface area contributed by atoms with Crippen LogP contribution in [-0.2, 0) is 11.3 Å². The third-order valence-corrected chi connectivity index (χ3v) is 2.75. The zero-order chi connectivity index (χ0) is 14.1. The molecule has 0 saturated carbocycles. The third-order valence-electron chi connectivity index (χ3n) is 2.75. The molecule has 0 aliphatic rings. The lowest BCUT2D eigenvalue weighted by atomic mass is 10.2. The highest BCUT2D eigenvalue weighted by Gasteiger charge is 2.13. The molecule has 0 aliphatic carbocycles. The van der Waals surface area contributed by atoms with E-state index >= 15 is 0 Å². The number of carbonyl (C=O) groups excluding carboxylic acids is 1. The average Bonchev–Trinajstić information content (AvgIpc) is 2.39. The summed E-state index contributed by atoms with van der Waals surface area (Å²) in [5.74, 6) is 0.0956. The fourth-order valence-corrected chi connectivity index (χ4v) is 1.87. The van der Waals surface area contributed by atoms with Gasteiger partial charge >= 0.3 is 0 Å². The van der Waals surface area contributed by atoms with Crippen LogP contribution < -0.4 is 0 Å². The van der Waals surface area contributed by atoms with Crippen LogP contribution in [0.25, 0.3) is 0 Å². The van der Waals surface area contributed by atoms with Gasteiger partial charge in [0.15, 0.2) is 0 Å². The topological polar surface area (TPSA) is 23.6 Å². The Kier molecular flexibility index (Phi) is 6.61. The summed E-state index contributed by atoms with van der Waals surface area (Å²) in [7, 11) is 1.95. The smallest absolute Gasteiger partial charge is 0.237 e. The van der Waals surface area contributed by atoms with E-state index in [-0.39, 0.29) is 5.91 Å². The second-order valence-corrected chi connectivity index (χ2v) is 4.53.